The molecule has 1 aliphatic heterocycles. The van der Waals surface area contributed by atoms with E-state index in [2.05, 4.69) is 16.3 Å². The van der Waals surface area contributed by atoms with E-state index in [0.717, 1.165) is 43.1 Å². The number of nitriles is 1. The molecular weight excluding hydrogens is 362 g/mol. The maximum Gasteiger partial charge on any atom is 0.266 e. The molecule has 0 bridgehead atoms. The molecule has 0 radical (unpaired) electrons. The SMILES string of the molecule is Cc1cc(N2CCOCC2)ccc1/C=C(/C#N)C(=O)Nc1cccc(Cl)c1. The van der Waals surface area contributed by atoms with Crippen molar-refractivity contribution >= 4 is 35.0 Å². The minimum absolute atomic E-state index is 0.0391. The Kier molecular flexibility index (Phi) is 6.12. The first-order valence-electron chi connectivity index (χ1n) is 8.69. The van der Waals surface area contributed by atoms with Crippen LogP contribution in [-0.4, -0.2) is 32.2 Å². The molecule has 0 aromatic heterocycles. The van der Waals surface area contributed by atoms with Crippen molar-refractivity contribution in [1.29, 1.82) is 5.26 Å². The smallest absolute Gasteiger partial charge is 0.266 e. The molecule has 0 spiro atoms. The van der Waals surface area contributed by atoms with Gasteiger partial charge in [-0.3, -0.25) is 4.79 Å². The first kappa shape index (κ1) is 19.0. The molecule has 3 rings (SSSR count). The molecular formula is C21H20ClN3O2. The average Bonchev–Trinajstić information content (AvgIpc) is 2.67. The lowest BCUT2D eigenvalue weighted by atomic mass is 10.0. The predicted octanol–water partition coefficient (Wildman–Crippen LogP) is 4.03. The zero-order chi connectivity index (χ0) is 19.2. The standard InChI is InChI=1S/C21H20ClN3O2/c1-15-11-20(25-7-9-27-10-8-25)6-5-16(15)12-17(14-23)21(26)24-19-4-2-3-18(22)13-19/h2-6,11-13H,7-10H2,1H3,(H,24,26)/b17-12-. The van der Waals surface area contributed by atoms with Gasteiger partial charge in [-0.2, -0.15) is 5.26 Å². The van der Waals surface area contributed by atoms with Gasteiger partial charge in [0.2, 0.25) is 0 Å². The maximum atomic E-state index is 12.4. The number of amides is 1. The van der Waals surface area contributed by atoms with Crippen molar-refractivity contribution in [2.75, 3.05) is 36.5 Å². The lowest BCUT2D eigenvalue weighted by Crippen LogP contribution is -2.36. The fourth-order valence-electron chi connectivity index (χ4n) is 2.91. The van der Waals surface area contributed by atoms with Gasteiger partial charge in [0, 0.05) is 29.5 Å². The van der Waals surface area contributed by atoms with Crippen LogP contribution in [0.3, 0.4) is 0 Å². The lowest BCUT2D eigenvalue weighted by molar-refractivity contribution is -0.112. The van der Waals surface area contributed by atoms with Crippen LogP contribution in [0.4, 0.5) is 11.4 Å². The number of anilines is 2. The Hall–Kier alpha value is -2.81. The summed E-state index contributed by atoms with van der Waals surface area (Å²) in [6.07, 6.45) is 1.61. The van der Waals surface area contributed by atoms with Crippen LogP contribution in [0.25, 0.3) is 6.08 Å². The number of rotatable bonds is 4. The van der Waals surface area contributed by atoms with E-state index in [4.69, 9.17) is 16.3 Å². The van der Waals surface area contributed by atoms with E-state index in [-0.39, 0.29) is 5.57 Å². The zero-order valence-corrected chi connectivity index (χ0v) is 15.8. The highest BCUT2D eigenvalue weighted by atomic mass is 35.5. The molecule has 2 aromatic carbocycles. The van der Waals surface area contributed by atoms with Gasteiger partial charge in [-0.25, -0.2) is 0 Å². The highest BCUT2D eigenvalue weighted by Crippen LogP contribution is 2.22. The van der Waals surface area contributed by atoms with Crippen LogP contribution in [0.1, 0.15) is 11.1 Å². The third kappa shape index (κ3) is 4.88. The number of hydrogen-bond donors (Lipinski definition) is 1. The van der Waals surface area contributed by atoms with E-state index in [1.54, 1.807) is 30.3 Å². The number of hydrogen-bond acceptors (Lipinski definition) is 4. The number of benzene rings is 2. The summed E-state index contributed by atoms with van der Waals surface area (Å²) in [5.74, 6) is -0.462. The molecule has 0 atom stereocenters. The highest BCUT2D eigenvalue weighted by Gasteiger charge is 2.13. The molecule has 0 aliphatic carbocycles. The molecule has 1 N–H and O–H groups in total. The second kappa shape index (κ2) is 8.72. The molecule has 0 saturated carbocycles. The quantitative estimate of drug-likeness (QED) is 0.641. The Labute approximate surface area is 163 Å². The van der Waals surface area contributed by atoms with Crippen LogP contribution in [0, 0.1) is 18.3 Å². The molecule has 2 aromatic rings. The minimum Gasteiger partial charge on any atom is -0.378 e. The molecule has 6 heteroatoms. The Bertz CT molecular complexity index is 912. The normalized spacial score (nSPS) is 14.6. The predicted molar refractivity (Wildman–Crippen MR) is 108 cm³/mol. The summed E-state index contributed by atoms with van der Waals surface area (Å²) in [5.41, 5.74) is 3.55. The van der Waals surface area contributed by atoms with Crippen LogP contribution < -0.4 is 10.2 Å². The van der Waals surface area contributed by atoms with Crippen LogP contribution in [0.2, 0.25) is 5.02 Å². The molecule has 1 amide bonds. The average molecular weight is 382 g/mol. The number of carbonyl (C=O) groups is 1. The second-order valence-corrected chi connectivity index (χ2v) is 6.71. The number of carbonyl (C=O) groups excluding carboxylic acids is 1. The van der Waals surface area contributed by atoms with E-state index in [1.807, 2.05) is 25.1 Å². The van der Waals surface area contributed by atoms with Gasteiger partial charge in [0.25, 0.3) is 5.91 Å². The Morgan fingerprint density at radius 1 is 1.26 bits per heavy atom. The third-order valence-corrected chi connectivity index (χ3v) is 4.61. The number of nitrogens with one attached hydrogen (secondary N) is 1. The molecule has 27 heavy (non-hydrogen) atoms. The van der Waals surface area contributed by atoms with E-state index in [0.29, 0.717) is 10.7 Å². The Morgan fingerprint density at radius 2 is 2.04 bits per heavy atom. The Morgan fingerprint density at radius 3 is 2.70 bits per heavy atom. The fourth-order valence-corrected chi connectivity index (χ4v) is 3.10. The lowest BCUT2D eigenvalue weighted by Gasteiger charge is -2.29. The van der Waals surface area contributed by atoms with Crippen LogP contribution >= 0.6 is 11.6 Å². The molecule has 5 nitrogen and oxygen atoms in total. The van der Waals surface area contributed by atoms with Crippen LogP contribution in [-0.2, 0) is 9.53 Å². The van der Waals surface area contributed by atoms with Crippen molar-refractivity contribution in [2.45, 2.75) is 6.92 Å². The van der Waals surface area contributed by atoms with E-state index in [1.165, 1.54) is 0 Å². The van der Waals surface area contributed by atoms with Gasteiger partial charge in [-0.1, -0.05) is 23.7 Å². The van der Waals surface area contributed by atoms with Gasteiger partial charge in [0.15, 0.2) is 0 Å². The number of nitrogens with zero attached hydrogens (tertiary/aromatic N) is 2. The number of aryl methyl sites for hydroxylation is 1. The van der Waals surface area contributed by atoms with Gasteiger partial charge >= 0.3 is 0 Å². The van der Waals surface area contributed by atoms with Crippen molar-refractivity contribution in [2.24, 2.45) is 0 Å². The third-order valence-electron chi connectivity index (χ3n) is 4.38. The largest absolute Gasteiger partial charge is 0.378 e. The van der Waals surface area contributed by atoms with Gasteiger partial charge in [-0.15, -0.1) is 0 Å². The van der Waals surface area contributed by atoms with Crippen molar-refractivity contribution < 1.29 is 9.53 Å². The first-order valence-corrected chi connectivity index (χ1v) is 9.06. The van der Waals surface area contributed by atoms with E-state index < -0.39 is 5.91 Å². The summed E-state index contributed by atoms with van der Waals surface area (Å²) in [4.78, 5) is 14.7. The summed E-state index contributed by atoms with van der Waals surface area (Å²) in [7, 11) is 0. The van der Waals surface area contributed by atoms with Crippen LogP contribution in [0.5, 0.6) is 0 Å². The number of morpholine rings is 1. The number of ether oxygens (including phenoxy) is 1. The summed E-state index contributed by atoms with van der Waals surface area (Å²) in [5, 5.41) is 12.6. The molecule has 0 unspecified atom stereocenters. The van der Waals surface area contributed by atoms with Crippen molar-refractivity contribution in [3.63, 3.8) is 0 Å². The van der Waals surface area contributed by atoms with E-state index >= 15 is 0 Å². The molecule has 1 aliphatic rings. The van der Waals surface area contributed by atoms with E-state index in [9.17, 15) is 10.1 Å². The fraction of sp³-hybridized carbons (Fsp3) is 0.238. The van der Waals surface area contributed by atoms with Crippen molar-refractivity contribution in [1.82, 2.24) is 0 Å². The highest BCUT2D eigenvalue weighted by molar-refractivity contribution is 6.31. The van der Waals surface area contributed by atoms with Gasteiger partial charge in [-0.05, 0) is 54.5 Å². The maximum absolute atomic E-state index is 12.4. The monoisotopic (exact) mass is 381 g/mol. The summed E-state index contributed by atoms with van der Waals surface area (Å²) < 4.78 is 5.38. The molecule has 1 fully saturated rings. The molecule has 138 valence electrons. The first-order chi connectivity index (χ1) is 13.1. The van der Waals surface area contributed by atoms with Gasteiger partial charge in [0.05, 0.1) is 13.2 Å². The Balaban J connectivity index is 1.78. The van der Waals surface area contributed by atoms with Crippen LogP contribution in [0.15, 0.2) is 48.0 Å². The zero-order valence-electron chi connectivity index (χ0n) is 15.0. The summed E-state index contributed by atoms with van der Waals surface area (Å²) in [6.45, 7) is 5.14. The van der Waals surface area contributed by atoms with Gasteiger partial charge < -0.3 is 15.0 Å². The topological polar surface area (TPSA) is 65.4 Å². The van der Waals surface area contributed by atoms with Crippen molar-refractivity contribution in [3.05, 3.63) is 64.2 Å². The minimum atomic E-state index is -0.462. The summed E-state index contributed by atoms with van der Waals surface area (Å²) >= 11 is 5.93. The molecule has 1 heterocycles. The van der Waals surface area contributed by atoms with Crippen molar-refractivity contribution in [3.8, 4) is 6.07 Å². The summed E-state index contributed by atoms with van der Waals surface area (Å²) in [6, 6.07) is 14.8. The second-order valence-electron chi connectivity index (χ2n) is 6.27. The number of halogens is 1. The van der Waals surface area contributed by atoms with Gasteiger partial charge in [0.1, 0.15) is 11.6 Å². The molecule has 1 saturated heterocycles.